The lowest BCUT2D eigenvalue weighted by molar-refractivity contribution is -0.113. The summed E-state index contributed by atoms with van der Waals surface area (Å²) in [5.41, 5.74) is 3.41. The standard InChI is InChI=1S/C24H27N5O2S/c1-5-14-29-22(18(4)25-23(31)20-9-7-6-8-17(20)3)27-28-24(29)32-15-21(30)26-19-12-10-16(2)11-13-19/h5-13,18H,1,14-15H2,2-4H3,(H,25,31)(H,26,30)/t18-/m1/s1. The van der Waals surface area contributed by atoms with Crippen LogP contribution < -0.4 is 10.6 Å². The van der Waals surface area contributed by atoms with Gasteiger partial charge in [-0.1, -0.05) is 53.7 Å². The number of carbonyl (C=O) groups excluding carboxylic acids is 2. The van der Waals surface area contributed by atoms with Crippen molar-refractivity contribution in [3.05, 3.63) is 83.7 Å². The van der Waals surface area contributed by atoms with Crippen LogP contribution in [0.15, 0.2) is 66.3 Å². The third-order valence-corrected chi connectivity index (χ3v) is 5.82. The van der Waals surface area contributed by atoms with Gasteiger partial charge in [-0.2, -0.15) is 0 Å². The molecule has 2 amide bonds. The molecule has 0 unspecified atom stereocenters. The van der Waals surface area contributed by atoms with Gasteiger partial charge >= 0.3 is 0 Å². The van der Waals surface area contributed by atoms with E-state index in [1.807, 2.05) is 67.8 Å². The van der Waals surface area contributed by atoms with Gasteiger partial charge in [0.1, 0.15) is 0 Å². The molecule has 0 saturated carbocycles. The van der Waals surface area contributed by atoms with Crippen LogP contribution in [0.5, 0.6) is 0 Å². The first-order valence-corrected chi connectivity index (χ1v) is 11.3. The number of allylic oxidation sites excluding steroid dienone is 1. The fourth-order valence-electron chi connectivity index (χ4n) is 3.16. The van der Waals surface area contributed by atoms with Crippen LogP contribution >= 0.6 is 11.8 Å². The zero-order valence-electron chi connectivity index (χ0n) is 18.5. The summed E-state index contributed by atoms with van der Waals surface area (Å²) in [6.07, 6.45) is 1.74. The van der Waals surface area contributed by atoms with E-state index in [0.717, 1.165) is 16.8 Å². The second kappa shape index (κ2) is 10.8. The van der Waals surface area contributed by atoms with Crippen LogP contribution in [0.1, 0.15) is 40.3 Å². The second-order valence-electron chi connectivity index (χ2n) is 7.45. The molecule has 1 atom stereocenters. The lowest BCUT2D eigenvalue weighted by Gasteiger charge is -2.16. The highest BCUT2D eigenvalue weighted by Crippen LogP contribution is 2.22. The van der Waals surface area contributed by atoms with Crippen molar-refractivity contribution in [3.8, 4) is 0 Å². The topological polar surface area (TPSA) is 88.9 Å². The third-order valence-electron chi connectivity index (χ3n) is 4.85. The Balaban J connectivity index is 1.67. The zero-order valence-corrected chi connectivity index (χ0v) is 19.3. The van der Waals surface area contributed by atoms with Crippen LogP contribution in [-0.4, -0.2) is 32.3 Å². The predicted octanol–water partition coefficient (Wildman–Crippen LogP) is 4.30. The maximum absolute atomic E-state index is 12.7. The maximum Gasteiger partial charge on any atom is 0.252 e. The molecule has 1 heterocycles. The fourth-order valence-corrected chi connectivity index (χ4v) is 3.91. The molecule has 32 heavy (non-hydrogen) atoms. The fraction of sp³-hybridized carbons (Fsp3) is 0.250. The van der Waals surface area contributed by atoms with E-state index in [1.165, 1.54) is 11.8 Å². The second-order valence-corrected chi connectivity index (χ2v) is 8.40. The predicted molar refractivity (Wildman–Crippen MR) is 128 cm³/mol. The number of nitrogens with zero attached hydrogens (tertiary/aromatic N) is 3. The van der Waals surface area contributed by atoms with Gasteiger partial charge in [-0.05, 0) is 44.5 Å². The molecule has 1 aromatic heterocycles. The molecule has 0 radical (unpaired) electrons. The van der Waals surface area contributed by atoms with Crippen molar-refractivity contribution in [3.63, 3.8) is 0 Å². The molecule has 0 bridgehead atoms. The first-order valence-electron chi connectivity index (χ1n) is 10.3. The average molecular weight is 450 g/mol. The monoisotopic (exact) mass is 449 g/mol. The van der Waals surface area contributed by atoms with E-state index >= 15 is 0 Å². The average Bonchev–Trinajstić information content (AvgIpc) is 3.17. The van der Waals surface area contributed by atoms with Gasteiger partial charge in [-0.15, -0.1) is 16.8 Å². The van der Waals surface area contributed by atoms with Crippen LogP contribution in [-0.2, 0) is 11.3 Å². The Labute approximate surface area is 192 Å². The maximum atomic E-state index is 12.7. The highest BCUT2D eigenvalue weighted by molar-refractivity contribution is 7.99. The Morgan fingerprint density at radius 3 is 2.53 bits per heavy atom. The smallest absolute Gasteiger partial charge is 0.252 e. The van der Waals surface area contributed by atoms with Gasteiger partial charge in [0, 0.05) is 17.8 Å². The highest BCUT2D eigenvalue weighted by Gasteiger charge is 2.21. The summed E-state index contributed by atoms with van der Waals surface area (Å²) in [4.78, 5) is 25.0. The molecule has 0 saturated heterocycles. The number of rotatable bonds is 9. The van der Waals surface area contributed by atoms with Crippen molar-refractivity contribution in [1.82, 2.24) is 20.1 Å². The minimum atomic E-state index is -0.370. The van der Waals surface area contributed by atoms with E-state index in [9.17, 15) is 9.59 Å². The van der Waals surface area contributed by atoms with Crippen molar-refractivity contribution < 1.29 is 9.59 Å². The van der Waals surface area contributed by atoms with Crippen LogP contribution in [0.25, 0.3) is 0 Å². The Hall–Kier alpha value is -3.39. The molecule has 3 rings (SSSR count). The van der Waals surface area contributed by atoms with E-state index in [0.29, 0.717) is 23.1 Å². The van der Waals surface area contributed by atoms with Gasteiger partial charge in [0.2, 0.25) is 5.91 Å². The van der Waals surface area contributed by atoms with E-state index < -0.39 is 0 Å². The van der Waals surface area contributed by atoms with Gasteiger partial charge in [-0.25, -0.2) is 0 Å². The van der Waals surface area contributed by atoms with Crippen LogP contribution in [0, 0.1) is 13.8 Å². The Bertz CT molecular complexity index is 1110. The SMILES string of the molecule is C=CCn1c(SCC(=O)Nc2ccc(C)cc2)nnc1[C@@H](C)NC(=O)c1ccccc1C. The zero-order chi connectivity index (χ0) is 23.1. The summed E-state index contributed by atoms with van der Waals surface area (Å²) in [6.45, 7) is 10.0. The van der Waals surface area contributed by atoms with Crippen molar-refractivity contribution in [2.24, 2.45) is 0 Å². The van der Waals surface area contributed by atoms with Gasteiger partial charge in [-0.3, -0.25) is 9.59 Å². The van der Waals surface area contributed by atoms with Crippen LogP contribution in [0.4, 0.5) is 5.69 Å². The summed E-state index contributed by atoms with van der Waals surface area (Å²) < 4.78 is 1.86. The van der Waals surface area contributed by atoms with E-state index in [4.69, 9.17) is 0 Å². The Kier molecular flexibility index (Phi) is 7.83. The lowest BCUT2D eigenvalue weighted by Crippen LogP contribution is -2.29. The molecule has 7 nitrogen and oxygen atoms in total. The molecule has 0 aliphatic carbocycles. The molecule has 0 aliphatic rings. The number of hydrogen-bond acceptors (Lipinski definition) is 5. The number of anilines is 1. The molecule has 3 aromatic rings. The molecule has 166 valence electrons. The first-order chi connectivity index (χ1) is 15.4. The molecule has 0 aliphatic heterocycles. The molecule has 2 N–H and O–H groups in total. The van der Waals surface area contributed by atoms with Gasteiger partial charge in [0.05, 0.1) is 11.8 Å². The van der Waals surface area contributed by atoms with E-state index in [-0.39, 0.29) is 23.6 Å². The lowest BCUT2D eigenvalue weighted by atomic mass is 10.1. The number of aromatic nitrogens is 3. The molecule has 0 spiro atoms. The minimum absolute atomic E-state index is 0.130. The number of hydrogen-bond donors (Lipinski definition) is 2. The molecule has 8 heteroatoms. The number of amides is 2. The van der Waals surface area contributed by atoms with Crippen molar-refractivity contribution in [1.29, 1.82) is 0 Å². The number of nitrogens with one attached hydrogen (secondary N) is 2. The van der Waals surface area contributed by atoms with Gasteiger partial charge in [0.15, 0.2) is 11.0 Å². The van der Waals surface area contributed by atoms with Crippen molar-refractivity contribution in [2.75, 3.05) is 11.1 Å². The van der Waals surface area contributed by atoms with E-state index in [2.05, 4.69) is 27.4 Å². The van der Waals surface area contributed by atoms with Gasteiger partial charge in [0.25, 0.3) is 5.91 Å². The minimum Gasteiger partial charge on any atom is -0.342 e. The van der Waals surface area contributed by atoms with Crippen LogP contribution in [0.2, 0.25) is 0 Å². The Morgan fingerprint density at radius 1 is 1.12 bits per heavy atom. The highest BCUT2D eigenvalue weighted by atomic mass is 32.2. The summed E-state index contributed by atoms with van der Waals surface area (Å²) >= 11 is 1.29. The third kappa shape index (κ3) is 5.85. The Morgan fingerprint density at radius 2 is 1.84 bits per heavy atom. The number of carbonyl (C=O) groups is 2. The molecular weight excluding hydrogens is 422 g/mol. The normalized spacial score (nSPS) is 11.6. The summed E-state index contributed by atoms with van der Waals surface area (Å²) in [6, 6.07) is 14.7. The largest absolute Gasteiger partial charge is 0.342 e. The van der Waals surface area contributed by atoms with E-state index in [1.54, 1.807) is 12.1 Å². The summed E-state index contributed by atoms with van der Waals surface area (Å²) in [5.74, 6) is 0.491. The number of aryl methyl sites for hydroxylation is 2. The van der Waals surface area contributed by atoms with Crippen LogP contribution in [0.3, 0.4) is 0 Å². The van der Waals surface area contributed by atoms with Gasteiger partial charge < -0.3 is 15.2 Å². The van der Waals surface area contributed by atoms with Crippen molar-refractivity contribution in [2.45, 2.75) is 38.5 Å². The summed E-state index contributed by atoms with van der Waals surface area (Å²) in [5, 5.41) is 15.0. The summed E-state index contributed by atoms with van der Waals surface area (Å²) in [7, 11) is 0. The first kappa shape index (κ1) is 23.3. The number of benzene rings is 2. The molecule has 2 aromatic carbocycles. The number of thioether (sulfide) groups is 1. The molecule has 0 fully saturated rings. The quantitative estimate of drug-likeness (QED) is 0.376. The molecular formula is C24H27N5O2S. The van der Waals surface area contributed by atoms with Crippen molar-refractivity contribution >= 4 is 29.3 Å².